The molecule has 0 aliphatic rings. The SMILES string of the molecule is C#Cc1cccc(-c2ccc(C(=O)OC(C)(C)C)cc2)c1OC. The first kappa shape index (κ1) is 16.6. The quantitative estimate of drug-likeness (QED) is 0.626. The molecule has 0 unspecified atom stereocenters. The molecule has 0 atom stereocenters. The molecule has 0 aliphatic heterocycles. The lowest BCUT2D eigenvalue weighted by Gasteiger charge is -2.19. The average Bonchev–Trinajstić information content (AvgIpc) is 2.52. The topological polar surface area (TPSA) is 35.5 Å². The lowest BCUT2D eigenvalue weighted by molar-refractivity contribution is 0.00696. The van der Waals surface area contributed by atoms with E-state index in [-0.39, 0.29) is 5.97 Å². The van der Waals surface area contributed by atoms with Crippen LogP contribution in [0.3, 0.4) is 0 Å². The normalized spacial score (nSPS) is 10.7. The molecule has 0 heterocycles. The molecule has 3 nitrogen and oxygen atoms in total. The number of para-hydroxylation sites is 1. The largest absolute Gasteiger partial charge is 0.495 e. The molecule has 23 heavy (non-hydrogen) atoms. The number of hydrogen-bond acceptors (Lipinski definition) is 3. The molecule has 3 heteroatoms. The Hall–Kier alpha value is -2.73. The van der Waals surface area contributed by atoms with E-state index in [0.717, 1.165) is 11.1 Å². The van der Waals surface area contributed by atoms with Gasteiger partial charge in [-0.05, 0) is 44.5 Å². The van der Waals surface area contributed by atoms with Gasteiger partial charge in [-0.1, -0.05) is 30.2 Å². The average molecular weight is 308 g/mol. The maximum atomic E-state index is 12.1. The molecule has 0 amide bonds. The summed E-state index contributed by atoms with van der Waals surface area (Å²) in [6, 6.07) is 12.8. The second-order valence-corrected chi connectivity index (χ2v) is 6.11. The van der Waals surface area contributed by atoms with E-state index < -0.39 is 5.60 Å². The van der Waals surface area contributed by atoms with Crippen LogP contribution in [0.2, 0.25) is 0 Å². The summed E-state index contributed by atoms with van der Waals surface area (Å²) >= 11 is 0. The summed E-state index contributed by atoms with van der Waals surface area (Å²) < 4.78 is 10.8. The number of carbonyl (C=O) groups is 1. The van der Waals surface area contributed by atoms with Gasteiger partial charge in [0.1, 0.15) is 11.4 Å². The van der Waals surface area contributed by atoms with E-state index in [4.69, 9.17) is 15.9 Å². The van der Waals surface area contributed by atoms with Crippen LogP contribution >= 0.6 is 0 Å². The molecule has 0 N–H and O–H groups in total. The third-order valence-electron chi connectivity index (χ3n) is 3.21. The summed E-state index contributed by atoms with van der Waals surface area (Å²) in [6.07, 6.45) is 5.50. The monoisotopic (exact) mass is 308 g/mol. The Kier molecular flexibility index (Phi) is 4.76. The van der Waals surface area contributed by atoms with Crippen LogP contribution < -0.4 is 4.74 Å². The van der Waals surface area contributed by atoms with Crippen molar-refractivity contribution in [3.05, 3.63) is 53.6 Å². The minimum atomic E-state index is -0.514. The van der Waals surface area contributed by atoms with Crippen LogP contribution in [0.15, 0.2) is 42.5 Å². The standard InChI is InChI=1S/C20H20O3/c1-6-14-8-7-9-17(18(14)22-5)15-10-12-16(13-11-15)19(21)23-20(2,3)4/h1,7-13H,2-5H3. The number of hydrogen-bond donors (Lipinski definition) is 0. The molecule has 2 rings (SSSR count). The Morgan fingerprint density at radius 1 is 1.09 bits per heavy atom. The molecule has 0 saturated carbocycles. The molecule has 0 aliphatic carbocycles. The van der Waals surface area contributed by atoms with Crippen LogP contribution in [0.1, 0.15) is 36.7 Å². The number of methoxy groups -OCH3 is 1. The molecule has 118 valence electrons. The lowest BCUT2D eigenvalue weighted by atomic mass is 10.0. The maximum absolute atomic E-state index is 12.1. The Bertz CT molecular complexity index is 744. The fraction of sp³-hybridized carbons (Fsp3) is 0.250. The highest BCUT2D eigenvalue weighted by molar-refractivity contribution is 5.90. The van der Waals surface area contributed by atoms with Crippen molar-refractivity contribution in [2.24, 2.45) is 0 Å². The zero-order chi connectivity index (χ0) is 17.0. The predicted molar refractivity (Wildman–Crippen MR) is 91.5 cm³/mol. The van der Waals surface area contributed by atoms with Crippen LogP contribution in [0.25, 0.3) is 11.1 Å². The first-order valence-corrected chi connectivity index (χ1v) is 7.33. The minimum absolute atomic E-state index is 0.339. The number of esters is 1. The van der Waals surface area contributed by atoms with E-state index in [1.807, 2.05) is 51.1 Å². The molecule has 0 saturated heterocycles. The molecule has 0 aromatic heterocycles. The zero-order valence-electron chi connectivity index (χ0n) is 13.8. The molecule has 0 radical (unpaired) electrons. The Labute approximate surface area is 137 Å². The zero-order valence-corrected chi connectivity index (χ0v) is 13.8. The van der Waals surface area contributed by atoms with E-state index in [0.29, 0.717) is 16.9 Å². The smallest absolute Gasteiger partial charge is 0.338 e. The molecular weight excluding hydrogens is 288 g/mol. The summed E-state index contributed by atoms with van der Waals surface area (Å²) in [7, 11) is 1.59. The van der Waals surface area contributed by atoms with Gasteiger partial charge in [0.15, 0.2) is 0 Å². The van der Waals surface area contributed by atoms with Gasteiger partial charge in [0.2, 0.25) is 0 Å². The van der Waals surface area contributed by atoms with Crippen molar-refractivity contribution in [1.82, 2.24) is 0 Å². The van der Waals surface area contributed by atoms with Gasteiger partial charge in [-0.15, -0.1) is 6.42 Å². The first-order valence-electron chi connectivity index (χ1n) is 7.33. The van der Waals surface area contributed by atoms with Gasteiger partial charge in [-0.2, -0.15) is 0 Å². The van der Waals surface area contributed by atoms with Crippen LogP contribution in [-0.2, 0) is 4.74 Å². The number of benzene rings is 2. The van der Waals surface area contributed by atoms with Crippen molar-refractivity contribution in [2.45, 2.75) is 26.4 Å². The van der Waals surface area contributed by atoms with E-state index in [1.54, 1.807) is 19.2 Å². The molecule has 2 aromatic carbocycles. The van der Waals surface area contributed by atoms with E-state index in [9.17, 15) is 4.79 Å². The second-order valence-electron chi connectivity index (χ2n) is 6.11. The van der Waals surface area contributed by atoms with Gasteiger partial charge in [-0.25, -0.2) is 4.79 Å². The highest BCUT2D eigenvalue weighted by Crippen LogP contribution is 2.33. The van der Waals surface area contributed by atoms with Crippen molar-refractivity contribution in [3.8, 4) is 29.2 Å². The van der Waals surface area contributed by atoms with Crippen molar-refractivity contribution in [1.29, 1.82) is 0 Å². The molecular formula is C20H20O3. The fourth-order valence-electron chi connectivity index (χ4n) is 2.22. The maximum Gasteiger partial charge on any atom is 0.338 e. The number of ether oxygens (including phenoxy) is 2. The van der Waals surface area contributed by atoms with Crippen LogP contribution in [0.4, 0.5) is 0 Å². The summed E-state index contributed by atoms with van der Waals surface area (Å²) in [4.78, 5) is 12.1. The molecule has 0 fully saturated rings. The number of terminal acetylenes is 1. The first-order chi connectivity index (χ1) is 10.9. The van der Waals surface area contributed by atoms with E-state index >= 15 is 0 Å². The highest BCUT2D eigenvalue weighted by Gasteiger charge is 2.18. The Morgan fingerprint density at radius 3 is 2.26 bits per heavy atom. The Balaban J connectivity index is 2.34. The predicted octanol–water partition coefficient (Wildman–Crippen LogP) is 4.30. The summed E-state index contributed by atoms with van der Waals surface area (Å²) in [6.45, 7) is 5.53. The summed E-state index contributed by atoms with van der Waals surface area (Å²) in [5.41, 5.74) is 2.50. The highest BCUT2D eigenvalue weighted by atomic mass is 16.6. The van der Waals surface area contributed by atoms with Crippen LogP contribution in [0, 0.1) is 12.3 Å². The summed E-state index contributed by atoms with van der Waals surface area (Å²) in [5, 5.41) is 0. The van der Waals surface area contributed by atoms with Crippen molar-refractivity contribution < 1.29 is 14.3 Å². The van der Waals surface area contributed by atoms with Crippen molar-refractivity contribution in [2.75, 3.05) is 7.11 Å². The van der Waals surface area contributed by atoms with Crippen LogP contribution in [0.5, 0.6) is 5.75 Å². The van der Waals surface area contributed by atoms with Crippen molar-refractivity contribution >= 4 is 5.97 Å². The minimum Gasteiger partial charge on any atom is -0.495 e. The van der Waals surface area contributed by atoms with Gasteiger partial charge < -0.3 is 9.47 Å². The van der Waals surface area contributed by atoms with Gasteiger partial charge in [0, 0.05) is 5.56 Å². The number of rotatable bonds is 3. The van der Waals surface area contributed by atoms with Crippen LogP contribution in [-0.4, -0.2) is 18.7 Å². The number of carbonyl (C=O) groups excluding carboxylic acids is 1. The van der Waals surface area contributed by atoms with Crippen molar-refractivity contribution in [3.63, 3.8) is 0 Å². The third kappa shape index (κ3) is 3.92. The lowest BCUT2D eigenvalue weighted by Crippen LogP contribution is -2.23. The van der Waals surface area contributed by atoms with Gasteiger partial charge >= 0.3 is 5.97 Å². The second kappa shape index (κ2) is 6.58. The Morgan fingerprint density at radius 2 is 1.74 bits per heavy atom. The fourth-order valence-corrected chi connectivity index (χ4v) is 2.22. The van der Waals surface area contributed by atoms with Gasteiger partial charge in [-0.3, -0.25) is 0 Å². The van der Waals surface area contributed by atoms with Gasteiger partial charge in [0.05, 0.1) is 18.2 Å². The van der Waals surface area contributed by atoms with E-state index in [2.05, 4.69) is 5.92 Å². The molecule has 0 bridgehead atoms. The van der Waals surface area contributed by atoms with E-state index in [1.165, 1.54) is 0 Å². The third-order valence-corrected chi connectivity index (χ3v) is 3.21. The molecule has 2 aromatic rings. The molecule has 0 spiro atoms. The summed E-state index contributed by atoms with van der Waals surface area (Å²) in [5.74, 6) is 2.93. The van der Waals surface area contributed by atoms with Gasteiger partial charge in [0.25, 0.3) is 0 Å².